The monoisotopic (exact) mass is 364 g/mol. The molecule has 4 rings (SSSR count). The minimum absolute atomic E-state index is 0.173. The van der Waals surface area contributed by atoms with Gasteiger partial charge in [0, 0.05) is 5.70 Å². The average molecular weight is 364 g/mol. The summed E-state index contributed by atoms with van der Waals surface area (Å²) in [6.45, 7) is 0. The van der Waals surface area contributed by atoms with Gasteiger partial charge < -0.3 is 19.5 Å². The van der Waals surface area contributed by atoms with Crippen molar-refractivity contribution in [3.05, 3.63) is 66.0 Å². The van der Waals surface area contributed by atoms with Crippen molar-refractivity contribution in [3.8, 4) is 17.2 Å². The molecule has 0 saturated heterocycles. The molecule has 0 spiro atoms. The lowest BCUT2D eigenvalue weighted by molar-refractivity contribution is 0.323. The first-order valence-electron chi connectivity index (χ1n) is 8.48. The van der Waals surface area contributed by atoms with Gasteiger partial charge in [-0.3, -0.25) is 0 Å². The van der Waals surface area contributed by atoms with E-state index < -0.39 is 0 Å². The highest BCUT2D eigenvalue weighted by atomic mass is 16.5. The molecule has 0 bridgehead atoms. The molecule has 27 heavy (non-hydrogen) atoms. The lowest BCUT2D eigenvalue weighted by Gasteiger charge is -2.25. The summed E-state index contributed by atoms with van der Waals surface area (Å²) in [7, 11) is 4.80. The highest BCUT2D eigenvalue weighted by Gasteiger charge is 2.26. The number of anilines is 1. The third-order valence-electron chi connectivity index (χ3n) is 4.52. The van der Waals surface area contributed by atoms with Crippen molar-refractivity contribution in [2.45, 2.75) is 6.04 Å². The second kappa shape index (κ2) is 7.03. The Morgan fingerprint density at radius 1 is 0.963 bits per heavy atom. The number of ether oxygens (including phenoxy) is 3. The fraction of sp³-hybridized carbons (Fsp3) is 0.200. The van der Waals surface area contributed by atoms with Crippen LogP contribution in [0.2, 0.25) is 0 Å². The van der Waals surface area contributed by atoms with Crippen LogP contribution in [0.15, 0.2) is 54.9 Å². The molecular formula is C20H20N4O3. The van der Waals surface area contributed by atoms with Crippen molar-refractivity contribution >= 4 is 11.6 Å². The van der Waals surface area contributed by atoms with Gasteiger partial charge in [0.1, 0.15) is 12.4 Å². The molecule has 1 atom stereocenters. The summed E-state index contributed by atoms with van der Waals surface area (Å²) in [4.78, 5) is 4.34. The Balaban J connectivity index is 1.86. The van der Waals surface area contributed by atoms with Crippen LogP contribution in [-0.2, 0) is 0 Å². The van der Waals surface area contributed by atoms with Crippen molar-refractivity contribution in [2.75, 3.05) is 26.6 Å². The zero-order valence-corrected chi connectivity index (χ0v) is 15.3. The van der Waals surface area contributed by atoms with Gasteiger partial charge in [-0.2, -0.15) is 10.1 Å². The predicted octanol–water partition coefficient (Wildman–Crippen LogP) is 3.36. The number of benzene rings is 2. The van der Waals surface area contributed by atoms with Crippen molar-refractivity contribution in [2.24, 2.45) is 0 Å². The van der Waals surface area contributed by atoms with Crippen LogP contribution in [0, 0.1) is 0 Å². The molecule has 1 aliphatic heterocycles. The molecule has 0 saturated carbocycles. The molecule has 7 heteroatoms. The zero-order chi connectivity index (χ0) is 18.8. The number of rotatable bonds is 5. The molecular weight excluding hydrogens is 344 g/mol. The molecule has 3 aromatic rings. The first kappa shape index (κ1) is 17.0. The molecule has 1 aromatic heterocycles. The van der Waals surface area contributed by atoms with E-state index in [1.807, 2.05) is 35.0 Å². The van der Waals surface area contributed by atoms with Gasteiger partial charge in [0.25, 0.3) is 0 Å². The van der Waals surface area contributed by atoms with Crippen LogP contribution >= 0.6 is 0 Å². The summed E-state index contributed by atoms with van der Waals surface area (Å²) in [5, 5.41) is 7.72. The minimum Gasteiger partial charge on any atom is -0.493 e. The van der Waals surface area contributed by atoms with Crippen molar-refractivity contribution in [3.63, 3.8) is 0 Å². The van der Waals surface area contributed by atoms with Crippen LogP contribution < -0.4 is 19.5 Å². The highest BCUT2D eigenvalue weighted by molar-refractivity contribution is 5.77. The van der Waals surface area contributed by atoms with E-state index in [0.29, 0.717) is 23.2 Å². The Hall–Kier alpha value is -3.48. The number of nitrogens with zero attached hydrogens (tertiary/aromatic N) is 3. The average Bonchev–Trinajstić information content (AvgIpc) is 3.21. The number of hydrogen-bond donors (Lipinski definition) is 1. The largest absolute Gasteiger partial charge is 0.493 e. The topological polar surface area (TPSA) is 70.4 Å². The Morgan fingerprint density at radius 3 is 2.30 bits per heavy atom. The second-order valence-corrected chi connectivity index (χ2v) is 6.00. The first-order valence-corrected chi connectivity index (χ1v) is 8.48. The Bertz CT molecular complexity index is 957. The molecule has 0 radical (unpaired) electrons. The van der Waals surface area contributed by atoms with Crippen LogP contribution in [0.1, 0.15) is 17.2 Å². The van der Waals surface area contributed by atoms with E-state index in [2.05, 4.69) is 33.6 Å². The maximum absolute atomic E-state index is 5.50. The Morgan fingerprint density at radius 2 is 1.67 bits per heavy atom. The van der Waals surface area contributed by atoms with Gasteiger partial charge >= 0.3 is 0 Å². The van der Waals surface area contributed by atoms with Crippen LogP contribution in [-0.4, -0.2) is 36.1 Å². The summed E-state index contributed by atoms with van der Waals surface area (Å²) >= 11 is 0. The van der Waals surface area contributed by atoms with Gasteiger partial charge in [-0.05, 0) is 29.3 Å². The van der Waals surface area contributed by atoms with E-state index in [-0.39, 0.29) is 6.04 Å². The Labute approximate surface area is 157 Å². The summed E-state index contributed by atoms with van der Waals surface area (Å²) < 4.78 is 18.3. The number of aromatic nitrogens is 3. The van der Waals surface area contributed by atoms with Crippen molar-refractivity contribution in [1.29, 1.82) is 0 Å². The lowest BCUT2D eigenvalue weighted by Crippen LogP contribution is -2.20. The number of allylic oxidation sites excluding steroid dienone is 1. The van der Waals surface area contributed by atoms with Gasteiger partial charge in [0.05, 0.1) is 21.3 Å². The van der Waals surface area contributed by atoms with Crippen molar-refractivity contribution < 1.29 is 14.2 Å². The van der Waals surface area contributed by atoms with Crippen molar-refractivity contribution in [1.82, 2.24) is 14.8 Å². The summed E-state index contributed by atoms with van der Waals surface area (Å²) in [5.74, 6) is 2.43. The standard InChI is InChI=1S/C20H20N4O3/c1-25-17-9-14(10-18(26-2)19(17)27-3)16-11-15(13-7-5-4-6-8-13)23-20-21-12-22-24(16)20/h4-12,16H,1-3H3,(H,21,22,23)/t16-/m1/s1. The van der Waals surface area contributed by atoms with Gasteiger partial charge in [0.15, 0.2) is 11.5 Å². The third-order valence-corrected chi connectivity index (χ3v) is 4.52. The van der Waals surface area contributed by atoms with E-state index in [1.165, 1.54) is 6.33 Å². The fourth-order valence-corrected chi connectivity index (χ4v) is 3.23. The van der Waals surface area contributed by atoms with E-state index in [9.17, 15) is 0 Å². The predicted molar refractivity (Wildman–Crippen MR) is 102 cm³/mol. The second-order valence-electron chi connectivity index (χ2n) is 6.00. The number of fused-ring (bicyclic) bond motifs is 1. The third kappa shape index (κ3) is 2.97. The maximum Gasteiger partial charge on any atom is 0.226 e. The zero-order valence-electron chi connectivity index (χ0n) is 15.3. The van der Waals surface area contributed by atoms with Crippen LogP contribution in [0.5, 0.6) is 17.2 Å². The van der Waals surface area contributed by atoms with E-state index in [0.717, 1.165) is 16.8 Å². The highest BCUT2D eigenvalue weighted by Crippen LogP contribution is 2.42. The summed E-state index contributed by atoms with van der Waals surface area (Å²) in [5.41, 5.74) is 2.99. The van der Waals surface area contributed by atoms with Crippen LogP contribution in [0.4, 0.5) is 5.95 Å². The lowest BCUT2D eigenvalue weighted by atomic mass is 10.0. The number of nitrogens with one attached hydrogen (secondary N) is 1. The number of hydrogen-bond acceptors (Lipinski definition) is 6. The minimum atomic E-state index is -0.173. The van der Waals surface area contributed by atoms with E-state index in [4.69, 9.17) is 14.2 Å². The summed E-state index contributed by atoms with van der Waals surface area (Å²) in [6.07, 6.45) is 3.65. The molecule has 0 unspecified atom stereocenters. The molecule has 138 valence electrons. The van der Waals surface area contributed by atoms with Crippen LogP contribution in [0.25, 0.3) is 5.70 Å². The molecule has 1 N–H and O–H groups in total. The molecule has 0 fully saturated rings. The van der Waals surface area contributed by atoms with Crippen LogP contribution in [0.3, 0.4) is 0 Å². The van der Waals surface area contributed by atoms with Gasteiger partial charge in [-0.15, -0.1) is 0 Å². The van der Waals surface area contributed by atoms with E-state index in [1.54, 1.807) is 21.3 Å². The maximum atomic E-state index is 5.50. The molecule has 1 aliphatic rings. The smallest absolute Gasteiger partial charge is 0.226 e. The molecule has 2 heterocycles. The molecule has 0 aliphatic carbocycles. The normalized spacial score (nSPS) is 15.4. The molecule has 7 nitrogen and oxygen atoms in total. The van der Waals surface area contributed by atoms with Gasteiger partial charge in [-0.1, -0.05) is 30.3 Å². The molecule has 0 amide bonds. The quantitative estimate of drug-likeness (QED) is 0.749. The van der Waals surface area contributed by atoms with Gasteiger partial charge in [-0.25, -0.2) is 4.68 Å². The fourth-order valence-electron chi connectivity index (χ4n) is 3.23. The molecule has 2 aromatic carbocycles. The Kier molecular flexibility index (Phi) is 4.42. The van der Waals surface area contributed by atoms with E-state index >= 15 is 0 Å². The number of methoxy groups -OCH3 is 3. The first-order chi connectivity index (χ1) is 13.2. The SMILES string of the molecule is COc1cc([C@H]2C=C(c3ccccc3)Nc3ncnn32)cc(OC)c1OC. The summed E-state index contributed by atoms with van der Waals surface area (Å²) in [6, 6.07) is 13.8. The van der Waals surface area contributed by atoms with Gasteiger partial charge in [0.2, 0.25) is 11.7 Å².